The van der Waals surface area contributed by atoms with Gasteiger partial charge in [0.2, 0.25) is 0 Å². The number of phenols is 1. The van der Waals surface area contributed by atoms with Gasteiger partial charge in [0.25, 0.3) is 5.91 Å². The summed E-state index contributed by atoms with van der Waals surface area (Å²) in [6.07, 6.45) is 1.96. The molecule has 0 aliphatic carbocycles. The third kappa shape index (κ3) is 2.89. The average molecular weight is 361 g/mol. The van der Waals surface area contributed by atoms with Crippen LogP contribution in [0.5, 0.6) is 5.75 Å². The zero-order chi connectivity index (χ0) is 19.0. The van der Waals surface area contributed by atoms with E-state index < -0.39 is 0 Å². The lowest BCUT2D eigenvalue weighted by Gasteiger charge is -2.26. The molecule has 0 fully saturated rings. The monoisotopic (exact) mass is 361 g/mol. The van der Waals surface area contributed by atoms with Crippen molar-refractivity contribution in [2.24, 2.45) is 0 Å². The fourth-order valence-electron chi connectivity index (χ4n) is 3.73. The summed E-state index contributed by atoms with van der Waals surface area (Å²) in [6, 6.07) is 15.2. The first-order valence-corrected chi connectivity index (χ1v) is 9.36. The first-order chi connectivity index (χ1) is 13.1. The van der Waals surface area contributed by atoms with Crippen LogP contribution in [0.15, 0.2) is 48.5 Å². The van der Waals surface area contributed by atoms with Crippen molar-refractivity contribution < 1.29 is 9.90 Å². The molecule has 1 amide bonds. The predicted molar refractivity (Wildman–Crippen MR) is 105 cm³/mol. The molecule has 5 heteroatoms. The number of carbonyl (C=O) groups is 1. The van der Waals surface area contributed by atoms with Crippen molar-refractivity contribution in [2.75, 3.05) is 6.54 Å². The van der Waals surface area contributed by atoms with Gasteiger partial charge in [-0.3, -0.25) is 9.89 Å². The van der Waals surface area contributed by atoms with E-state index in [1.54, 1.807) is 12.1 Å². The molecule has 5 nitrogen and oxygen atoms in total. The second-order valence-corrected chi connectivity index (χ2v) is 7.04. The zero-order valence-electron chi connectivity index (χ0n) is 15.6. The van der Waals surface area contributed by atoms with Crippen molar-refractivity contribution in [2.45, 2.75) is 32.7 Å². The lowest BCUT2D eigenvalue weighted by atomic mass is 9.95. The summed E-state index contributed by atoms with van der Waals surface area (Å²) in [7, 11) is 0. The SMILES string of the molecule is CCCCN1C(=O)c2[nH]nc(-c3ccccc3O)c2C1c1ccc(C)cc1. The number of amides is 1. The maximum atomic E-state index is 13.1. The standard InChI is InChI=1S/C22H23N3O2/c1-3-4-13-25-21(15-11-9-14(2)10-12-15)18-19(23-24-20(18)22(25)27)16-7-5-6-8-17(16)26/h5-12,21,26H,3-4,13H2,1-2H3,(H,23,24). The third-order valence-electron chi connectivity index (χ3n) is 5.17. The van der Waals surface area contributed by atoms with Crippen LogP contribution >= 0.6 is 0 Å². The number of carbonyl (C=O) groups excluding carboxylic acids is 1. The Hall–Kier alpha value is -3.08. The Balaban J connectivity index is 1.88. The second kappa shape index (κ2) is 6.91. The van der Waals surface area contributed by atoms with Gasteiger partial charge in [-0.05, 0) is 31.0 Å². The maximum absolute atomic E-state index is 13.1. The number of aromatic amines is 1. The normalized spacial score (nSPS) is 16.0. The number of nitrogens with zero attached hydrogens (tertiary/aromatic N) is 2. The Kier molecular flexibility index (Phi) is 4.44. The van der Waals surface area contributed by atoms with Crippen molar-refractivity contribution in [3.63, 3.8) is 0 Å². The second-order valence-electron chi connectivity index (χ2n) is 7.04. The third-order valence-corrected chi connectivity index (χ3v) is 5.17. The molecule has 27 heavy (non-hydrogen) atoms. The molecule has 2 heterocycles. The van der Waals surface area contributed by atoms with E-state index in [1.807, 2.05) is 17.0 Å². The minimum Gasteiger partial charge on any atom is -0.507 e. The molecule has 2 aromatic carbocycles. The van der Waals surface area contributed by atoms with Crippen molar-refractivity contribution in [3.05, 3.63) is 70.9 Å². The number of rotatable bonds is 5. The predicted octanol–water partition coefficient (Wildman–Crippen LogP) is 4.44. The van der Waals surface area contributed by atoms with Crippen LogP contribution < -0.4 is 0 Å². The zero-order valence-corrected chi connectivity index (χ0v) is 15.6. The molecule has 1 aliphatic rings. The van der Waals surface area contributed by atoms with Crippen LogP contribution in [-0.4, -0.2) is 32.7 Å². The lowest BCUT2D eigenvalue weighted by molar-refractivity contribution is 0.0741. The first kappa shape index (κ1) is 17.3. The molecule has 0 radical (unpaired) electrons. The Morgan fingerprint density at radius 2 is 1.89 bits per heavy atom. The minimum atomic E-state index is -0.201. The van der Waals surface area contributed by atoms with E-state index in [-0.39, 0.29) is 17.7 Å². The van der Waals surface area contributed by atoms with Gasteiger partial charge < -0.3 is 10.0 Å². The number of para-hydroxylation sites is 1. The summed E-state index contributed by atoms with van der Waals surface area (Å²) in [5.74, 6) is 0.132. The van der Waals surface area contributed by atoms with Crippen LogP contribution in [0.1, 0.15) is 53.0 Å². The van der Waals surface area contributed by atoms with Gasteiger partial charge in [0.1, 0.15) is 17.1 Å². The highest BCUT2D eigenvalue weighted by atomic mass is 16.3. The minimum absolute atomic E-state index is 0.0294. The fourth-order valence-corrected chi connectivity index (χ4v) is 3.73. The van der Waals surface area contributed by atoms with Crippen LogP contribution in [0.3, 0.4) is 0 Å². The summed E-state index contributed by atoms with van der Waals surface area (Å²) < 4.78 is 0. The van der Waals surface area contributed by atoms with E-state index in [9.17, 15) is 9.90 Å². The van der Waals surface area contributed by atoms with Crippen LogP contribution in [0.4, 0.5) is 0 Å². The molecule has 0 saturated heterocycles. The number of aryl methyl sites for hydroxylation is 1. The lowest BCUT2D eigenvalue weighted by Crippen LogP contribution is -2.30. The number of hydrogen-bond acceptors (Lipinski definition) is 3. The Bertz CT molecular complexity index is 975. The largest absolute Gasteiger partial charge is 0.507 e. The maximum Gasteiger partial charge on any atom is 0.273 e. The number of nitrogens with one attached hydrogen (secondary N) is 1. The summed E-state index contributed by atoms with van der Waals surface area (Å²) in [5, 5.41) is 17.6. The molecule has 0 bridgehead atoms. The van der Waals surface area contributed by atoms with E-state index in [0.29, 0.717) is 23.5 Å². The number of phenolic OH excluding ortho intramolecular Hbond substituents is 1. The summed E-state index contributed by atoms with van der Waals surface area (Å²) >= 11 is 0. The van der Waals surface area contributed by atoms with Gasteiger partial charge in [0.15, 0.2) is 0 Å². The van der Waals surface area contributed by atoms with Gasteiger partial charge in [-0.25, -0.2) is 0 Å². The van der Waals surface area contributed by atoms with Crippen molar-refractivity contribution in [3.8, 4) is 17.0 Å². The van der Waals surface area contributed by atoms with Crippen LogP contribution in [-0.2, 0) is 0 Å². The molecular formula is C22H23N3O2. The van der Waals surface area contributed by atoms with Gasteiger partial charge in [-0.15, -0.1) is 0 Å². The van der Waals surface area contributed by atoms with E-state index in [0.717, 1.165) is 24.0 Å². The quantitative estimate of drug-likeness (QED) is 0.706. The number of aromatic nitrogens is 2. The van der Waals surface area contributed by atoms with Crippen molar-refractivity contribution in [1.82, 2.24) is 15.1 Å². The summed E-state index contributed by atoms with van der Waals surface area (Å²) in [5.41, 5.74) is 4.88. The molecule has 138 valence electrons. The highest BCUT2D eigenvalue weighted by Gasteiger charge is 2.42. The molecule has 1 aromatic heterocycles. The molecule has 0 spiro atoms. The molecule has 0 saturated carbocycles. The number of benzene rings is 2. The van der Waals surface area contributed by atoms with E-state index in [2.05, 4.69) is 48.3 Å². The number of fused-ring (bicyclic) bond motifs is 1. The van der Waals surface area contributed by atoms with Gasteiger partial charge in [-0.1, -0.05) is 55.3 Å². The average Bonchev–Trinajstić information content (AvgIpc) is 3.21. The Morgan fingerprint density at radius 1 is 1.15 bits per heavy atom. The van der Waals surface area contributed by atoms with Gasteiger partial charge in [0.05, 0.1) is 6.04 Å². The highest BCUT2D eigenvalue weighted by molar-refractivity contribution is 6.00. The number of unbranched alkanes of at least 4 members (excludes halogenated alkanes) is 1. The summed E-state index contributed by atoms with van der Waals surface area (Å²) in [6.45, 7) is 4.86. The number of H-pyrrole nitrogens is 1. The molecule has 1 unspecified atom stereocenters. The summed E-state index contributed by atoms with van der Waals surface area (Å²) in [4.78, 5) is 15.0. The van der Waals surface area contributed by atoms with E-state index in [1.165, 1.54) is 5.56 Å². The topological polar surface area (TPSA) is 69.2 Å². The highest BCUT2D eigenvalue weighted by Crippen LogP contribution is 2.44. The number of aromatic hydroxyl groups is 1. The smallest absolute Gasteiger partial charge is 0.273 e. The van der Waals surface area contributed by atoms with Crippen LogP contribution in [0.2, 0.25) is 0 Å². The Morgan fingerprint density at radius 3 is 2.59 bits per heavy atom. The number of hydrogen-bond donors (Lipinski definition) is 2. The Labute approximate surface area is 158 Å². The van der Waals surface area contributed by atoms with Crippen LogP contribution in [0.25, 0.3) is 11.3 Å². The van der Waals surface area contributed by atoms with Crippen molar-refractivity contribution in [1.29, 1.82) is 0 Å². The molecule has 4 rings (SSSR count). The van der Waals surface area contributed by atoms with E-state index in [4.69, 9.17) is 0 Å². The first-order valence-electron chi connectivity index (χ1n) is 9.36. The molecular weight excluding hydrogens is 338 g/mol. The molecule has 1 aliphatic heterocycles. The fraction of sp³-hybridized carbons (Fsp3) is 0.273. The molecule has 3 aromatic rings. The van der Waals surface area contributed by atoms with Crippen LogP contribution in [0, 0.1) is 6.92 Å². The van der Waals surface area contributed by atoms with E-state index >= 15 is 0 Å². The molecule has 2 N–H and O–H groups in total. The van der Waals surface area contributed by atoms with Gasteiger partial charge >= 0.3 is 0 Å². The van der Waals surface area contributed by atoms with Gasteiger partial charge in [-0.2, -0.15) is 5.10 Å². The van der Waals surface area contributed by atoms with Crippen molar-refractivity contribution >= 4 is 5.91 Å². The van der Waals surface area contributed by atoms with Gasteiger partial charge in [0, 0.05) is 17.7 Å². The molecule has 1 atom stereocenters.